The van der Waals surface area contributed by atoms with Crippen molar-refractivity contribution in [2.24, 2.45) is 0 Å². The van der Waals surface area contributed by atoms with Gasteiger partial charge in [-0.25, -0.2) is 14.5 Å². The molecule has 3 atom stereocenters. The molecule has 0 fully saturated rings. The number of carbonyl (C=O) groups excluding carboxylic acids is 1. The monoisotopic (exact) mass is 651 g/mol. The molecule has 0 unspecified atom stereocenters. The van der Waals surface area contributed by atoms with E-state index in [-0.39, 0.29) is 31.3 Å². The van der Waals surface area contributed by atoms with Crippen molar-refractivity contribution in [1.29, 1.82) is 0 Å². The van der Waals surface area contributed by atoms with E-state index in [1.54, 1.807) is 31.2 Å². The number of nitrogen functional groups attached to an aromatic ring is 1. The summed E-state index contributed by atoms with van der Waals surface area (Å²) in [5.41, 5.74) is 9.14. The van der Waals surface area contributed by atoms with Crippen molar-refractivity contribution in [3.05, 3.63) is 95.3 Å². The molecule has 3 N–H and O–H groups in total. The molecule has 0 aliphatic rings. The molecule has 0 amide bonds. The van der Waals surface area contributed by atoms with Gasteiger partial charge in [0.2, 0.25) is 0 Å². The molecule has 45 heavy (non-hydrogen) atoms. The lowest BCUT2D eigenvalue weighted by molar-refractivity contribution is -0.146. The Hall–Kier alpha value is -3.99. The lowest BCUT2D eigenvalue weighted by Crippen LogP contribution is -2.36. The van der Waals surface area contributed by atoms with E-state index in [0.29, 0.717) is 28.5 Å². The van der Waals surface area contributed by atoms with Crippen molar-refractivity contribution in [2.45, 2.75) is 52.7 Å². The minimum absolute atomic E-state index is 0.0630. The second-order valence-electron chi connectivity index (χ2n) is 10.4. The third kappa shape index (κ3) is 8.00. The highest BCUT2D eigenvalue weighted by molar-refractivity contribution is 7.52. The summed E-state index contributed by atoms with van der Waals surface area (Å²) in [4.78, 5) is 22.2. The summed E-state index contributed by atoms with van der Waals surface area (Å²) in [6.07, 6.45) is -0.714. The van der Waals surface area contributed by atoms with Crippen LogP contribution in [0.2, 0.25) is 5.02 Å². The molecule has 11 nitrogen and oxygen atoms in total. The van der Waals surface area contributed by atoms with Gasteiger partial charge in [0.1, 0.15) is 36.3 Å². The number of hydrogen-bond donors (Lipinski definition) is 2. The Morgan fingerprint density at radius 3 is 2.44 bits per heavy atom. The Labute approximate surface area is 266 Å². The summed E-state index contributed by atoms with van der Waals surface area (Å²) in [7, 11) is -4.19. The Morgan fingerprint density at radius 1 is 1.00 bits per heavy atom. The predicted octanol–water partition coefficient (Wildman–Crippen LogP) is 6.67. The molecule has 0 aliphatic carbocycles. The van der Waals surface area contributed by atoms with Crippen LogP contribution in [0.15, 0.2) is 78.9 Å². The molecule has 0 saturated carbocycles. The van der Waals surface area contributed by atoms with Gasteiger partial charge in [-0.2, -0.15) is 5.09 Å². The summed E-state index contributed by atoms with van der Waals surface area (Å²) in [5.74, 6) is 0.507. The lowest BCUT2D eigenvalue weighted by atomic mass is 10.2. The average molecular weight is 652 g/mol. The Bertz CT molecular complexity index is 1820. The number of rotatable bonds is 14. The van der Waals surface area contributed by atoms with E-state index in [1.807, 2.05) is 66.1 Å². The van der Waals surface area contributed by atoms with Gasteiger partial charge < -0.3 is 24.3 Å². The number of hydrogen-bond acceptors (Lipinski definition) is 9. The fraction of sp³-hybridized carbons (Fsp3) is 0.281. The summed E-state index contributed by atoms with van der Waals surface area (Å²) < 4.78 is 39.4. The van der Waals surface area contributed by atoms with Crippen LogP contribution >= 0.6 is 19.3 Å². The van der Waals surface area contributed by atoms with Crippen molar-refractivity contribution in [2.75, 3.05) is 12.3 Å². The number of esters is 1. The number of aromatic nitrogens is 3. The molecule has 0 aliphatic heterocycles. The predicted molar refractivity (Wildman–Crippen MR) is 174 cm³/mol. The molecule has 0 saturated heterocycles. The second-order valence-corrected chi connectivity index (χ2v) is 12.5. The number of benzene rings is 3. The topological polar surface area (TPSA) is 140 Å². The zero-order valence-electron chi connectivity index (χ0n) is 25.2. The largest absolute Gasteiger partial charge is 0.460 e. The summed E-state index contributed by atoms with van der Waals surface area (Å²) in [6, 6.07) is 22.2. The summed E-state index contributed by atoms with van der Waals surface area (Å²) >= 11 is 6.04. The first kappa shape index (κ1) is 32.4. The Kier molecular flexibility index (Phi) is 10.4. The normalized spacial score (nSPS) is 14.2. The molecule has 0 spiro atoms. The first-order valence-corrected chi connectivity index (χ1v) is 16.4. The SMILES string of the molecule is CCOCc1nc2c(N)nc3ccccc3c2n1C[C@@H](C)O[P@@](=O)(N[C@@H](C)C(=O)OCc1ccccc1)Oc1ccc(Cl)cc1. The lowest BCUT2D eigenvalue weighted by Gasteiger charge is -2.26. The van der Waals surface area contributed by atoms with Gasteiger partial charge >= 0.3 is 13.7 Å². The van der Waals surface area contributed by atoms with Crippen LogP contribution in [0.4, 0.5) is 5.82 Å². The van der Waals surface area contributed by atoms with E-state index < -0.39 is 25.9 Å². The third-order valence-electron chi connectivity index (χ3n) is 6.85. The zero-order valence-corrected chi connectivity index (χ0v) is 26.8. The summed E-state index contributed by atoms with van der Waals surface area (Å²) in [5, 5.41) is 4.08. The van der Waals surface area contributed by atoms with Crippen molar-refractivity contribution in [3.8, 4) is 5.75 Å². The van der Waals surface area contributed by atoms with Gasteiger partial charge in [0.05, 0.1) is 23.7 Å². The number of nitrogens with one attached hydrogen (secondary N) is 1. The van der Waals surface area contributed by atoms with E-state index in [1.165, 1.54) is 6.92 Å². The number of pyridine rings is 1. The number of para-hydroxylation sites is 1. The maximum atomic E-state index is 14.3. The van der Waals surface area contributed by atoms with Crippen molar-refractivity contribution in [3.63, 3.8) is 0 Å². The van der Waals surface area contributed by atoms with Crippen LogP contribution in [-0.4, -0.2) is 39.3 Å². The van der Waals surface area contributed by atoms with E-state index in [0.717, 1.165) is 16.5 Å². The number of halogens is 1. The Morgan fingerprint density at radius 2 is 1.71 bits per heavy atom. The van der Waals surface area contributed by atoms with Crippen LogP contribution in [0.1, 0.15) is 32.2 Å². The molecule has 5 rings (SSSR count). The molecule has 13 heteroatoms. The van der Waals surface area contributed by atoms with Gasteiger partial charge in [-0.1, -0.05) is 60.1 Å². The molecule has 3 aromatic carbocycles. The fourth-order valence-corrected chi connectivity index (χ4v) is 6.59. The molecule has 0 radical (unpaired) electrons. The van der Waals surface area contributed by atoms with Crippen LogP contribution in [0.3, 0.4) is 0 Å². The quantitative estimate of drug-likeness (QED) is 0.0988. The highest BCUT2D eigenvalue weighted by Gasteiger charge is 2.35. The first-order chi connectivity index (χ1) is 21.7. The van der Waals surface area contributed by atoms with E-state index in [9.17, 15) is 9.36 Å². The molecular formula is C32H35ClN5O6P. The average Bonchev–Trinajstić information content (AvgIpc) is 3.38. The smallest absolute Gasteiger partial charge is 0.459 e. The maximum Gasteiger partial charge on any atom is 0.459 e. The molecule has 236 valence electrons. The molecular weight excluding hydrogens is 617 g/mol. The van der Waals surface area contributed by atoms with Gasteiger partial charge in [0.15, 0.2) is 5.82 Å². The van der Waals surface area contributed by atoms with Crippen LogP contribution in [-0.2, 0) is 43.1 Å². The number of anilines is 1. The van der Waals surface area contributed by atoms with E-state index >= 15 is 0 Å². The van der Waals surface area contributed by atoms with Crippen LogP contribution in [0.5, 0.6) is 5.75 Å². The van der Waals surface area contributed by atoms with Crippen LogP contribution in [0.25, 0.3) is 21.9 Å². The van der Waals surface area contributed by atoms with Crippen molar-refractivity contribution >= 4 is 53.1 Å². The standard InChI is InChI=1S/C32H35ClN5O6P/c1-4-41-20-28-36-29-30(26-12-8-9-13-27(26)35-31(29)34)38(28)18-21(2)43-45(40,44-25-16-14-24(33)15-17-25)37-22(3)32(39)42-19-23-10-6-5-7-11-23/h5-17,21-22H,4,18-20H2,1-3H3,(H2,34,35)(H,37,40)/t21-,22+,45+/m1/s1. The highest BCUT2D eigenvalue weighted by Crippen LogP contribution is 2.46. The summed E-state index contributed by atoms with van der Waals surface area (Å²) in [6.45, 7) is 6.14. The zero-order chi connectivity index (χ0) is 32.0. The number of imidazole rings is 1. The first-order valence-electron chi connectivity index (χ1n) is 14.5. The van der Waals surface area contributed by atoms with Gasteiger partial charge in [0.25, 0.3) is 0 Å². The minimum atomic E-state index is -4.19. The van der Waals surface area contributed by atoms with Gasteiger partial charge in [-0.15, -0.1) is 0 Å². The van der Waals surface area contributed by atoms with Gasteiger partial charge in [0, 0.05) is 17.0 Å². The maximum absolute atomic E-state index is 14.3. The molecule has 0 bridgehead atoms. The Balaban J connectivity index is 1.42. The number of nitrogens with zero attached hydrogens (tertiary/aromatic N) is 3. The van der Waals surface area contributed by atoms with Crippen LogP contribution in [0, 0.1) is 0 Å². The minimum Gasteiger partial charge on any atom is -0.460 e. The number of ether oxygens (including phenoxy) is 2. The van der Waals surface area contributed by atoms with E-state index in [2.05, 4.69) is 10.1 Å². The number of fused-ring (bicyclic) bond motifs is 3. The fourth-order valence-electron chi connectivity index (χ4n) is 4.79. The third-order valence-corrected chi connectivity index (χ3v) is 8.90. The number of carbonyl (C=O) groups is 1. The van der Waals surface area contributed by atoms with Crippen LogP contribution < -0.4 is 15.3 Å². The van der Waals surface area contributed by atoms with Gasteiger partial charge in [-0.05, 0) is 56.7 Å². The van der Waals surface area contributed by atoms with Crippen molar-refractivity contribution in [1.82, 2.24) is 19.6 Å². The number of nitrogens with two attached hydrogens (primary N) is 1. The van der Waals surface area contributed by atoms with E-state index in [4.69, 9.17) is 40.8 Å². The van der Waals surface area contributed by atoms with Crippen molar-refractivity contribution < 1.29 is 27.9 Å². The van der Waals surface area contributed by atoms with Gasteiger partial charge in [-0.3, -0.25) is 9.32 Å². The highest BCUT2D eigenvalue weighted by atomic mass is 35.5. The molecule has 2 aromatic heterocycles. The molecule has 2 heterocycles. The molecule has 5 aromatic rings. The second kappa shape index (κ2) is 14.4.